The van der Waals surface area contributed by atoms with E-state index in [0.29, 0.717) is 10.2 Å². The predicted octanol–water partition coefficient (Wildman–Crippen LogP) is 2.28. The number of aldehydes is 1. The summed E-state index contributed by atoms with van der Waals surface area (Å²) in [6, 6.07) is 0. The topological polar surface area (TPSA) is 45.8 Å². The van der Waals surface area contributed by atoms with Crippen molar-refractivity contribution in [3.05, 3.63) is 15.9 Å². The van der Waals surface area contributed by atoms with Crippen molar-refractivity contribution < 1.29 is 4.79 Å². The normalized spacial score (nSPS) is 11.7. The van der Waals surface area contributed by atoms with Crippen LogP contribution in [-0.2, 0) is 5.41 Å². The fourth-order valence-corrected chi connectivity index (χ4v) is 1.39. The number of H-pyrrole nitrogens is 1. The fraction of sp³-hybridized carbons (Fsp3) is 0.500. The van der Waals surface area contributed by atoms with Crippen LogP contribution in [0.2, 0.25) is 0 Å². The summed E-state index contributed by atoms with van der Waals surface area (Å²) in [6.07, 6.45) is 0.814. The number of nitrogens with zero attached hydrogens (tertiary/aromatic N) is 1. The maximum Gasteiger partial charge on any atom is 0.154 e. The van der Waals surface area contributed by atoms with Gasteiger partial charge in [-0.1, -0.05) is 20.8 Å². The van der Waals surface area contributed by atoms with Gasteiger partial charge in [0.25, 0.3) is 0 Å². The van der Waals surface area contributed by atoms with Crippen LogP contribution < -0.4 is 0 Å². The van der Waals surface area contributed by atoms with Gasteiger partial charge in [-0.2, -0.15) is 5.10 Å². The number of aromatic nitrogens is 2. The number of rotatable bonds is 1. The lowest BCUT2D eigenvalue weighted by Gasteiger charge is -2.16. The molecule has 0 fully saturated rings. The van der Waals surface area contributed by atoms with E-state index < -0.39 is 0 Å². The summed E-state index contributed by atoms with van der Waals surface area (Å²) in [4.78, 5) is 10.7. The van der Waals surface area contributed by atoms with E-state index in [1.165, 1.54) is 0 Å². The monoisotopic (exact) mass is 230 g/mol. The third-order valence-corrected chi connectivity index (χ3v) is 2.23. The van der Waals surface area contributed by atoms with Crippen LogP contribution in [0.3, 0.4) is 0 Å². The third-order valence-electron chi connectivity index (χ3n) is 1.63. The lowest BCUT2D eigenvalue weighted by molar-refractivity contribution is 0.112. The van der Waals surface area contributed by atoms with Crippen LogP contribution in [0.1, 0.15) is 36.8 Å². The molecule has 1 aromatic heterocycles. The molecule has 0 amide bonds. The number of aromatic amines is 1. The summed E-state index contributed by atoms with van der Waals surface area (Å²) in [5.74, 6) is 0. The number of nitrogens with one attached hydrogen (secondary N) is 1. The molecule has 0 aromatic carbocycles. The maximum atomic E-state index is 10.7. The van der Waals surface area contributed by atoms with Crippen molar-refractivity contribution in [3.8, 4) is 0 Å². The van der Waals surface area contributed by atoms with E-state index in [1.54, 1.807) is 0 Å². The quantitative estimate of drug-likeness (QED) is 0.753. The first-order valence-electron chi connectivity index (χ1n) is 3.66. The zero-order chi connectivity index (χ0) is 9.35. The van der Waals surface area contributed by atoms with Gasteiger partial charge in [0.1, 0.15) is 4.60 Å². The summed E-state index contributed by atoms with van der Waals surface area (Å²) in [7, 11) is 0. The molecule has 66 valence electrons. The summed E-state index contributed by atoms with van der Waals surface area (Å²) >= 11 is 3.20. The van der Waals surface area contributed by atoms with E-state index in [-0.39, 0.29) is 5.41 Å². The summed E-state index contributed by atoms with van der Waals surface area (Å²) in [6.45, 7) is 6.08. The predicted molar refractivity (Wildman–Crippen MR) is 50.4 cm³/mol. The zero-order valence-corrected chi connectivity index (χ0v) is 8.90. The van der Waals surface area contributed by atoms with Crippen molar-refractivity contribution in [1.29, 1.82) is 0 Å². The molecule has 1 heterocycles. The molecule has 0 aliphatic heterocycles. The maximum absolute atomic E-state index is 10.7. The van der Waals surface area contributed by atoms with Crippen LogP contribution in [-0.4, -0.2) is 16.5 Å². The second-order valence-corrected chi connectivity index (χ2v) is 4.42. The van der Waals surface area contributed by atoms with Crippen molar-refractivity contribution in [1.82, 2.24) is 10.2 Å². The molecule has 0 bridgehead atoms. The van der Waals surface area contributed by atoms with Gasteiger partial charge >= 0.3 is 0 Å². The number of carbonyl (C=O) groups is 1. The van der Waals surface area contributed by atoms with E-state index in [1.807, 2.05) is 20.8 Å². The van der Waals surface area contributed by atoms with E-state index >= 15 is 0 Å². The first-order chi connectivity index (χ1) is 5.46. The molecule has 0 spiro atoms. The van der Waals surface area contributed by atoms with Crippen molar-refractivity contribution >= 4 is 22.2 Å². The van der Waals surface area contributed by atoms with Gasteiger partial charge in [-0.15, -0.1) is 0 Å². The third kappa shape index (κ3) is 1.58. The fourth-order valence-electron chi connectivity index (χ4n) is 1.01. The Balaban J connectivity index is 3.25. The second-order valence-electron chi connectivity index (χ2n) is 3.67. The van der Waals surface area contributed by atoms with Gasteiger partial charge in [0, 0.05) is 5.41 Å². The minimum absolute atomic E-state index is 0.0741. The highest BCUT2D eigenvalue weighted by Crippen LogP contribution is 2.26. The van der Waals surface area contributed by atoms with Crippen LogP contribution in [0, 0.1) is 0 Å². The van der Waals surface area contributed by atoms with Gasteiger partial charge < -0.3 is 0 Å². The summed E-state index contributed by atoms with van der Waals surface area (Å²) < 4.78 is 0.586. The van der Waals surface area contributed by atoms with Gasteiger partial charge in [0.15, 0.2) is 6.29 Å². The van der Waals surface area contributed by atoms with Crippen molar-refractivity contribution in [2.24, 2.45) is 0 Å². The van der Waals surface area contributed by atoms with Gasteiger partial charge in [0.2, 0.25) is 0 Å². The summed E-state index contributed by atoms with van der Waals surface area (Å²) in [5.41, 5.74) is 1.40. The molecule has 1 aromatic rings. The Kier molecular flexibility index (Phi) is 2.37. The van der Waals surface area contributed by atoms with E-state index in [4.69, 9.17) is 0 Å². The van der Waals surface area contributed by atoms with Crippen LogP contribution >= 0.6 is 15.9 Å². The van der Waals surface area contributed by atoms with E-state index in [9.17, 15) is 4.79 Å². The molecule has 0 aliphatic carbocycles. The van der Waals surface area contributed by atoms with Crippen molar-refractivity contribution in [2.45, 2.75) is 26.2 Å². The van der Waals surface area contributed by atoms with Crippen LogP contribution in [0.4, 0.5) is 0 Å². The van der Waals surface area contributed by atoms with Gasteiger partial charge in [0.05, 0.1) is 11.3 Å². The highest BCUT2D eigenvalue weighted by atomic mass is 79.9. The van der Waals surface area contributed by atoms with Crippen LogP contribution in [0.15, 0.2) is 4.60 Å². The lowest BCUT2D eigenvalue weighted by Crippen LogP contribution is -2.14. The highest BCUT2D eigenvalue weighted by Gasteiger charge is 2.22. The largest absolute Gasteiger partial charge is 0.298 e. The number of hydrogen-bond acceptors (Lipinski definition) is 2. The molecule has 4 heteroatoms. The molecule has 1 rings (SSSR count). The molecule has 1 N–H and O–H groups in total. The molecular weight excluding hydrogens is 220 g/mol. The second kappa shape index (κ2) is 3.01. The molecule has 12 heavy (non-hydrogen) atoms. The number of carbonyl (C=O) groups excluding carboxylic acids is 1. The SMILES string of the molecule is CC(C)(C)c1[nH]nc(Br)c1C=O. The van der Waals surface area contributed by atoms with Crippen LogP contribution in [0.5, 0.6) is 0 Å². The number of halogens is 1. The number of hydrogen-bond donors (Lipinski definition) is 1. The van der Waals surface area contributed by atoms with Crippen molar-refractivity contribution in [3.63, 3.8) is 0 Å². The Morgan fingerprint density at radius 3 is 2.42 bits per heavy atom. The average molecular weight is 231 g/mol. The minimum atomic E-state index is -0.0741. The van der Waals surface area contributed by atoms with E-state index in [2.05, 4.69) is 26.1 Å². The van der Waals surface area contributed by atoms with Gasteiger partial charge in [-0.25, -0.2) is 0 Å². The lowest BCUT2D eigenvalue weighted by atomic mass is 9.90. The van der Waals surface area contributed by atoms with Gasteiger partial charge in [-0.3, -0.25) is 9.89 Å². The molecule has 0 radical (unpaired) electrons. The zero-order valence-electron chi connectivity index (χ0n) is 7.31. The average Bonchev–Trinajstić information content (AvgIpc) is 2.29. The smallest absolute Gasteiger partial charge is 0.154 e. The van der Waals surface area contributed by atoms with E-state index in [0.717, 1.165) is 12.0 Å². The Hall–Kier alpha value is -0.640. The summed E-state index contributed by atoms with van der Waals surface area (Å²) in [5, 5.41) is 6.75. The van der Waals surface area contributed by atoms with Gasteiger partial charge in [-0.05, 0) is 15.9 Å². The first kappa shape index (κ1) is 9.45. The molecule has 0 atom stereocenters. The molecule has 3 nitrogen and oxygen atoms in total. The van der Waals surface area contributed by atoms with Crippen molar-refractivity contribution in [2.75, 3.05) is 0 Å². The Morgan fingerprint density at radius 1 is 1.50 bits per heavy atom. The molecular formula is C8H11BrN2O. The Bertz CT molecular complexity index is 298. The first-order valence-corrected chi connectivity index (χ1v) is 4.45. The Labute approximate surface area is 79.7 Å². The molecule has 0 saturated heterocycles. The minimum Gasteiger partial charge on any atom is -0.298 e. The standard InChI is InChI=1S/C8H11BrN2O/c1-8(2,3)6-5(4-12)7(9)11-10-6/h4H,1-3H3,(H,10,11). The molecule has 0 aliphatic rings. The van der Waals surface area contributed by atoms with Crippen LogP contribution in [0.25, 0.3) is 0 Å². The highest BCUT2D eigenvalue weighted by molar-refractivity contribution is 9.10. The molecule has 0 unspecified atom stereocenters. The molecule has 0 saturated carbocycles. The Morgan fingerprint density at radius 2 is 2.08 bits per heavy atom.